The third-order valence-electron chi connectivity index (χ3n) is 2.43. The molecule has 0 aliphatic heterocycles. The van der Waals surface area contributed by atoms with E-state index in [4.69, 9.17) is 10.6 Å². The average Bonchev–Trinajstić information content (AvgIpc) is 2.48. The number of anilines is 1. The van der Waals surface area contributed by atoms with Crippen LogP contribution in [0, 0.1) is 15.9 Å². The summed E-state index contributed by atoms with van der Waals surface area (Å²) >= 11 is 2.88. The fourth-order valence-electron chi connectivity index (χ4n) is 1.43. The fraction of sp³-hybridized carbons (Fsp3) is 0.0909. The maximum Gasteiger partial charge on any atom is 0.312 e. The quantitative estimate of drug-likeness (QED) is 0.478. The van der Waals surface area contributed by atoms with Gasteiger partial charge in [-0.25, -0.2) is 15.2 Å². The molecule has 0 atom stereocenters. The molecule has 0 saturated heterocycles. The van der Waals surface area contributed by atoms with E-state index in [-0.39, 0.29) is 22.5 Å². The Morgan fingerprint density at radius 1 is 1.43 bits per heavy atom. The van der Waals surface area contributed by atoms with Gasteiger partial charge >= 0.3 is 5.69 Å². The molecule has 10 heteroatoms. The van der Waals surface area contributed by atoms with E-state index in [2.05, 4.69) is 31.3 Å². The smallest absolute Gasteiger partial charge is 0.312 e. The Balaban J connectivity index is 2.18. The number of benzene rings is 1. The van der Waals surface area contributed by atoms with Crippen LogP contribution >= 0.6 is 15.9 Å². The summed E-state index contributed by atoms with van der Waals surface area (Å²) in [6.45, 7) is -0.0975. The van der Waals surface area contributed by atoms with E-state index in [9.17, 15) is 14.5 Å². The topological polar surface area (TPSA) is 116 Å². The van der Waals surface area contributed by atoms with Crippen molar-refractivity contribution in [3.05, 3.63) is 50.6 Å². The summed E-state index contributed by atoms with van der Waals surface area (Å²) in [5, 5.41) is 10.9. The minimum atomic E-state index is -0.663. The van der Waals surface area contributed by atoms with Gasteiger partial charge in [-0.15, -0.1) is 0 Å². The van der Waals surface area contributed by atoms with Crippen LogP contribution in [0.2, 0.25) is 0 Å². The molecule has 0 spiro atoms. The Labute approximate surface area is 126 Å². The molecule has 0 amide bonds. The van der Waals surface area contributed by atoms with Gasteiger partial charge in [0.1, 0.15) is 12.4 Å². The van der Waals surface area contributed by atoms with Crippen molar-refractivity contribution in [3.63, 3.8) is 0 Å². The molecule has 2 rings (SSSR count). The number of ether oxygens (including phenoxy) is 1. The van der Waals surface area contributed by atoms with Gasteiger partial charge in [-0.2, -0.15) is 0 Å². The second kappa shape index (κ2) is 6.41. The first kappa shape index (κ1) is 15.1. The highest BCUT2D eigenvalue weighted by Gasteiger charge is 2.19. The number of nitro benzene ring substituents is 1. The van der Waals surface area contributed by atoms with Gasteiger partial charge in [-0.3, -0.25) is 15.1 Å². The molecular formula is C11H9BrFN5O3. The molecule has 0 radical (unpaired) electrons. The average molecular weight is 358 g/mol. The van der Waals surface area contributed by atoms with Crippen LogP contribution in [0.3, 0.4) is 0 Å². The number of nitro groups is 1. The van der Waals surface area contributed by atoms with Crippen LogP contribution in [0.4, 0.5) is 15.9 Å². The van der Waals surface area contributed by atoms with Gasteiger partial charge in [0.05, 0.1) is 27.5 Å². The zero-order chi connectivity index (χ0) is 15.4. The Morgan fingerprint density at radius 3 is 2.76 bits per heavy atom. The number of nitrogens with two attached hydrogens (primary N) is 1. The highest BCUT2D eigenvalue weighted by atomic mass is 79.9. The van der Waals surface area contributed by atoms with Crippen LogP contribution in [0.15, 0.2) is 29.0 Å². The van der Waals surface area contributed by atoms with Crippen LogP contribution in [0.1, 0.15) is 5.69 Å². The minimum absolute atomic E-state index is 0.0142. The van der Waals surface area contributed by atoms with Gasteiger partial charge in [-0.05, 0) is 15.9 Å². The maximum atomic E-state index is 13.4. The van der Waals surface area contributed by atoms with Gasteiger partial charge in [0.2, 0.25) is 5.75 Å². The number of hydrogen-bond acceptors (Lipinski definition) is 7. The number of rotatable bonds is 5. The second-order valence-corrected chi connectivity index (χ2v) is 4.67. The van der Waals surface area contributed by atoms with Crippen LogP contribution in [-0.4, -0.2) is 14.9 Å². The van der Waals surface area contributed by atoms with Gasteiger partial charge < -0.3 is 10.2 Å². The van der Waals surface area contributed by atoms with Crippen molar-refractivity contribution in [1.82, 2.24) is 9.97 Å². The molecule has 8 nitrogen and oxygen atoms in total. The van der Waals surface area contributed by atoms with Gasteiger partial charge in [-0.1, -0.05) is 0 Å². The fourth-order valence-corrected chi connectivity index (χ4v) is 1.76. The lowest BCUT2D eigenvalue weighted by Crippen LogP contribution is -2.09. The zero-order valence-corrected chi connectivity index (χ0v) is 12.0. The lowest BCUT2D eigenvalue weighted by atomic mass is 10.3. The summed E-state index contributed by atoms with van der Waals surface area (Å²) < 4.78 is 18.7. The highest BCUT2D eigenvalue weighted by Crippen LogP contribution is 2.32. The molecule has 0 unspecified atom stereocenters. The molecule has 3 N–H and O–H groups in total. The number of hydrazine groups is 1. The summed E-state index contributed by atoms with van der Waals surface area (Å²) in [7, 11) is 0. The van der Waals surface area contributed by atoms with E-state index in [0.29, 0.717) is 11.5 Å². The van der Waals surface area contributed by atoms with E-state index >= 15 is 0 Å². The molecule has 1 aromatic heterocycles. The van der Waals surface area contributed by atoms with E-state index in [0.717, 1.165) is 12.1 Å². The lowest BCUT2D eigenvalue weighted by Gasteiger charge is -2.07. The molecule has 0 bridgehead atoms. The molecule has 2 aromatic rings. The zero-order valence-electron chi connectivity index (χ0n) is 10.4. The van der Waals surface area contributed by atoms with Crippen molar-refractivity contribution in [3.8, 4) is 5.75 Å². The van der Waals surface area contributed by atoms with E-state index in [1.807, 2.05) is 0 Å². The van der Waals surface area contributed by atoms with E-state index < -0.39 is 10.7 Å². The number of halogens is 2. The molecule has 1 heterocycles. The van der Waals surface area contributed by atoms with Crippen LogP contribution in [-0.2, 0) is 6.61 Å². The number of hydrogen-bond donors (Lipinski definition) is 2. The molecule has 110 valence electrons. The van der Waals surface area contributed by atoms with E-state index in [1.165, 1.54) is 12.4 Å². The largest absolute Gasteiger partial charge is 0.480 e. The lowest BCUT2D eigenvalue weighted by molar-refractivity contribution is -0.386. The van der Waals surface area contributed by atoms with E-state index in [1.54, 1.807) is 0 Å². The Kier molecular flexibility index (Phi) is 4.60. The van der Waals surface area contributed by atoms with Crippen molar-refractivity contribution in [2.45, 2.75) is 6.61 Å². The number of nitrogen functional groups attached to an aromatic ring is 1. The predicted molar refractivity (Wildman–Crippen MR) is 74.9 cm³/mol. The monoisotopic (exact) mass is 357 g/mol. The molecule has 0 fully saturated rings. The van der Waals surface area contributed by atoms with Gasteiger partial charge in [0.25, 0.3) is 0 Å². The van der Waals surface area contributed by atoms with Gasteiger partial charge in [0, 0.05) is 12.1 Å². The maximum absolute atomic E-state index is 13.4. The molecular weight excluding hydrogens is 349 g/mol. The van der Waals surface area contributed by atoms with Crippen molar-refractivity contribution in [2.75, 3.05) is 5.43 Å². The Morgan fingerprint density at radius 2 is 2.19 bits per heavy atom. The van der Waals surface area contributed by atoms with Crippen LogP contribution < -0.4 is 16.0 Å². The number of nitrogens with one attached hydrogen (secondary N) is 1. The Bertz CT molecular complexity index is 668. The third kappa shape index (κ3) is 3.61. The van der Waals surface area contributed by atoms with Gasteiger partial charge in [0.15, 0.2) is 5.82 Å². The normalized spacial score (nSPS) is 10.2. The SMILES string of the molecule is NNc1cnc(COc2cc(F)c(Br)cc2[N+](=O)[O-])cn1. The Hall–Kier alpha value is -2.33. The van der Waals surface area contributed by atoms with Crippen molar-refractivity contribution in [2.24, 2.45) is 5.84 Å². The molecule has 1 aromatic carbocycles. The molecule has 0 saturated carbocycles. The first-order valence-corrected chi connectivity index (χ1v) is 6.34. The molecule has 21 heavy (non-hydrogen) atoms. The van der Waals surface area contributed by atoms with Crippen molar-refractivity contribution >= 4 is 27.4 Å². The second-order valence-electron chi connectivity index (χ2n) is 3.82. The highest BCUT2D eigenvalue weighted by molar-refractivity contribution is 9.10. The minimum Gasteiger partial charge on any atom is -0.480 e. The van der Waals surface area contributed by atoms with Crippen LogP contribution in [0.25, 0.3) is 0 Å². The number of nitrogens with zero attached hydrogens (tertiary/aromatic N) is 3. The molecule has 0 aliphatic rings. The predicted octanol–water partition coefficient (Wildman–Crippen LogP) is 2.15. The first-order chi connectivity index (χ1) is 10.0. The summed E-state index contributed by atoms with van der Waals surface area (Å²) in [6.07, 6.45) is 2.76. The summed E-state index contributed by atoms with van der Waals surface area (Å²) in [5.41, 5.74) is 2.37. The first-order valence-electron chi connectivity index (χ1n) is 5.55. The third-order valence-corrected chi connectivity index (χ3v) is 3.04. The number of aromatic nitrogens is 2. The summed E-state index contributed by atoms with van der Waals surface area (Å²) in [6, 6.07) is 1.98. The van der Waals surface area contributed by atoms with Crippen molar-refractivity contribution < 1.29 is 14.1 Å². The standard InChI is InChI=1S/C11H9BrFN5O3/c12-7-1-9(18(19)20)10(2-8(7)13)21-5-6-3-16-11(17-14)4-15-6/h1-4H,5,14H2,(H,16,17). The molecule has 0 aliphatic carbocycles. The summed E-state index contributed by atoms with van der Waals surface area (Å²) in [5.74, 6) is 4.65. The van der Waals surface area contributed by atoms with Crippen molar-refractivity contribution in [1.29, 1.82) is 0 Å². The van der Waals surface area contributed by atoms with Crippen LogP contribution in [0.5, 0.6) is 5.75 Å². The summed E-state index contributed by atoms with van der Waals surface area (Å²) in [4.78, 5) is 18.1.